The third-order valence-electron chi connectivity index (χ3n) is 3.89. The average molecular weight is 338 g/mol. The lowest BCUT2D eigenvalue weighted by atomic mass is 10.0. The van der Waals surface area contributed by atoms with Crippen molar-refractivity contribution in [3.05, 3.63) is 59.2 Å². The van der Waals surface area contributed by atoms with Crippen LogP contribution in [0.1, 0.15) is 30.5 Å². The Bertz CT molecular complexity index is 795. The molecule has 0 radical (unpaired) electrons. The minimum atomic E-state index is -0.321. The highest BCUT2D eigenvalue weighted by Gasteiger charge is 2.32. The van der Waals surface area contributed by atoms with Gasteiger partial charge in [0.05, 0.1) is 6.21 Å². The smallest absolute Gasteiger partial charge is 0.277 e. The number of amides is 1. The van der Waals surface area contributed by atoms with Gasteiger partial charge >= 0.3 is 0 Å². The Labute approximate surface area is 147 Å². The standard InChI is InChI=1S/C20H22N2O3/c1-14-7-9-15(10-8-14)12-21-22-18(23)13-24-17-6-4-5-16-11-20(2,3)25-19(16)17/h4-10,12H,11,13H2,1-3H3,(H,22,23)/b21-12+. The van der Waals surface area contributed by atoms with Crippen molar-refractivity contribution in [1.29, 1.82) is 0 Å². The van der Waals surface area contributed by atoms with E-state index in [1.54, 1.807) is 6.21 Å². The number of carbonyl (C=O) groups is 1. The number of hydrogen-bond acceptors (Lipinski definition) is 4. The monoisotopic (exact) mass is 338 g/mol. The molecule has 0 unspecified atom stereocenters. The number of hydrazone groups is 1. The first kappa shape index (κ1) is 17.0. The van der Waals surface area contributed by atoms with Gasteiger partial charge in [-0.3, -0.25) is 4.79 Å². The van der Waals surface area contributed by atoms with E-state index >= 15 is 0 Å². The summed E-state index contributed by atoms with van der Waals surface area (Å²) in [6, 6.07) is 13.6. The molecule has 0 fully saturated rings. The van der Waals surface area contributed by atoms with Crippen LogP contribution in [-0.2, 0) is 11.2 Å². The van der Waals surface area contributed by atoms with Crippen molar-refractivity contribution in [2.75, 3.05) is 6.61 Å². The molecule has 1 aliphatic rings. The zero-order valence-electron chi connectivity index (χ0n) is 14.7. The fraction of sp³-hybridized carbons (Fsp3) is 0.300. The minimum absolute atomic E-state index is 0.120. The number of para-hydroxylation sites is 1. The van der Waals surface area contributed by atoms with Crippen molar-refractivity contribution in [2.24, 2.45) is 5.10 Å². The molecule has 2 aromatic carbocycles. The highest BCUT2D eigenvalue weighted by molar-refractivity contribution is 5.83. The fourth-order valence-electron chi connectivity index (χ4n) is 2.71. The Morgan fingerprint density at radius 3 is 2.80 bits per heavy atom. The molecule has 0 aromatic heterocycles. The average Bonchev–Trinajstić information content (AvgIpc) is 2.89. The van der Waals surface area contributed by atoms with Gasteiger partial charge in [0.2, 0.25) is 0 Å². The van der Waals surface area contributed by atoms with Gasteiger partial charge in [0.15, 0.2) is 18.1 Å². The molecular weight excluding hydrogens is 316 g/mol. The third-order valence-corrected chi connectivity index (χ3v) is 3.89. The summed E-state index contributed by atoms with van der Waals surface area (Å²) in [5, 5.41) is 3.94. The van der Waals surface area contributed by atoms with Gasteiger partial charge in [-0.2, -0.15) is 5.10 Å². The van der Waals surface area contributed by atoms with Gasteiger partial charge in [0.1, 0.15) is 5.60 Å². The summed E-state index contributed by atoms with van der Waals surface area (Å²) in [4.78, 5) is 11.9. The zero-order chi connectivity index (χ0) is 17.9. The number of hydrogen-bond donors (Lipinski definition) is 1. The van der Waals surface area contributed by atoms with Gasteiger partial charge in [-0.25, -0.2) is 5.43 Å². The lowest BCUT2D eigenvalue weighted by Crippen LogP contribution is -2.26. The van der Waals surface area contributed by atoms with E-state index in [1.165, 1.54) is 5.56 Å². The van der Waals surface area contributed by atoms with Crippen molar-refractivity contribution in [2.45, 2.75) is 32.8 Å². The van der Waals surface area contributed by atoms with Crippen LogP contribution >= 0.6 is 0 Å². The molecule has 0 saturated heterocycles. The van der Waals surface area contributed by atoms with Gasteiger partial charge in [0.25, 0.3) is 5.91 Å². The number of aryl methyl sites for hydroxylation is 1. The topological polar surface area (TPSA) is 59.9 Å². The number of ether oxygens (including phenoxy) is 2. The molecule has 25 heavy (non-hydrogen) atoms. The minimum Gasteiger partial charge on any atom is -0.483 e. The molecule has 1 heterocycles. The summed E-state index contributed by atoms with van der Waals surface area (Å²) >= 11 is 0. The molecular formula is C20H22N2O3. The highest BCUT2D eigenvalue weighted by atomic mass is 16.5. The van der Waals surface area contributed by atoms with Crippen LogP contribution in [0.15, 0.2) is 47.6 Å². The summed E-state index contributed by atoms with van der Waals surface area (Å²) in [5.74, 6) is 0.988. The van der Waals surface area contributed by atoms with Crippen molar-refractivity contribution in [3.63, 3.8) is 0 Å². The Hall–Kier alpha value is -2.82. The Morgan fingerprint density at radius 1 is 1.28 bits per heavy atom. The summed E-state index contributed by atoms with van der Waals surface area (Å²) in [5.41, 5.74) is 5.41. The van der Waals surface area contributed by atoms with Crippen LogP contribution in [-0.4, -0.2) is 24.3 Å². The maximum absolute atomic E-state index is 11.9. The molecule has 130 valence electrons. The number of nitrogens with zero attached hydrogens (tertiary/aromatic N) is 1. The van der Waals surface area contributed by atoms with E-state index in [1.807, 2.05) is 63.2 Å². The second kappa shape index (κ2) is 6.97. The van der Waals surface area contributed by atoms with E-state index in [0.717, 1.165) is 23.3 Å². The van der Waals surface area contributed by atoms with Crippen LogP contribution in [0.25, 0.3) is 0 Å². The molecule has 3 rings (SSSR count). The van der Waals surface area contributed by atoms with Gasteiger partial charge in [0, 0.05) is 12.0 Å². The highest BCUT2D eigenvalue weighted by Crippen LogP contribution is 2.41. The summed E-state index contributed by atoms with van der Waals surface area (Å²) in [6.45, 7) is 5.96. The van der Waals surface area contributed by atoms with E-state index in [2.05, 4.69) is 10.5 Å². The maximum atomic E-state index is 11.9. The largest absolute Gasteiger partial charge is 0.483 e. The van der Waals surface area contributed by atoms with E-state index in [4.69, 9.17) is 9.47 Å². The predicted octanol–water partition coefficient (Wildman–Crippen LogP) is 3.24. The molecule has 0 bridgehead atoms. The Kier molecular flexibility index (Phi) is 4.74. The van der Waals surface area contributed by atoms with Gasteiger partial charge in [-0.05, 0) is 32.4 Å². The molecule has 0 atom stereocenters. The fourth-order valence-corrected chi connectivity index (χ4v) is 2.71. The van der Waals surface area contributed by atoms with E-state index in [0.29, 0.717) is 5.75 Å². The SMILES string of the molecule is Cc1ccc(/C=N/NC(=O)COc2cccc3c2OC(C)(C)C3)cc1. The van der Waals surface area contributed by atoms with Crippen molar-refractivity contribution in [3.8, 4) is 11.5 Å². The first-order valence-corrected chi connectivity index (χ1v) is 8.25. The number of benzene rings is 2. The normalized spacial score (nSPS) is 14.8. The lowest BCUT2D eigenvalue weighted by molar-refractivity contribution is -0.123. The molecule has 0 spiro atoms. The summed E-state index contributed by atoms with van der Waals surface area (Å²) in [7, 11) is 0. The molecule has 5 nitrogen and oxygen atoms in total. The summed E-state index contributed by atoms with van der Waals surface area (Å²) in [6.07, 6.45) is 2.43. The first-order chi connectivity index (χ1) is 11.9. The van der Waals surface area contributed by atoms with Crippen molar-refractivity contribution in [1.82, 2.24) is 5.43 Å². The molecule has 1 N–H and O–H groups in total. The van der Waals surface area contributed by atoms with Crippen molar-refractivity contribution < 1.29 is 14.3 Å². The third kappa shape index (κ3) is 4.38. The van der Waals surface area contributed by atoms with Crippen LogP contribution in [0.3, 0.4) is 0 Å². The molecule has 5 heteroatoms. The maximum Gasteiger partial charge on any atom is 0.277 e. The summed E-state index contributed by atoms with van der Waals surface area (Å²) < 4.78 is 11.5. The molecule has 1 aliphatic heterocycles. The second-order valence-electron chi connectivity index (χ2n) is 6.78. The van der Waals surface area contributed by atoms with Gasteiger partial charge in [-0.15, -0.1) is 0 Å². The van der Waals surface area contributed by atoms with E-state index < -0.39 is 0 Å². The first-order valence-electron chi connectivity index (χ1n) is 8.25. The van der Waals surface area contributed by atoms with Crippen LogP contribution in [0.5, 0.6) is 11.5 Å². The zero-order valence-corrected chi connectivity index (χ0v) is 14.7. The predicted molar refractivity (Wildman–Crippen MR) is 97.3 cm³/mol. The lowest BCUT2D eigenvalue weighted by Gasteiger charge is -2.18. The van der Waals surface area contributed by atoms with Gasteiger partial charge < -0.3 is 9.47 Å². The Balaban J connectivity index is 1.54. The number of rotatable bonds is 5. The van der Waals surface area contributed by atoms with Crippen LogP contribution < -0.4 is 14.9 Å². The molecule has 1 amide bonds. The van der Waals surface area contributed by atoms with Crippen LogP contribution in [0.4, 0.5) is 0 Å². The number of carbonyl (C=O) groups excluding carboxylic acids is 1. The van der Waals surface area contributed by atoms with Crippen LogP contribution in [0.2, 0.25) is 0 Å². The second-order valence-corrected chi connectivity index (χ2v) is 6.78. The molecule has 0 aliphatic carbocycles. The van der Waals surface area contributed by atoms with E-state index in [-0.39, 0.29) is 18.1 Å². The van der Waals surface area contributed by atoms with Crippen molar-refractivity contribution >= 4 is 12.1 Å². The number of nitrogens with one attached hydrogen (secondary N) is 1. The van der Waals surface area contributed by atoms with Crippen LogP contribution in [0, 0.1) is 6.92 Å². The number of fused-ring (bicyclic) bond motifs is 1. The molecule has 2 aromatic rings. The Morgan fingerprint density at radius 2 is 2.04 bits per heavy atom. The van der Waals surface area contributed by atoms with E-state index in [9.17, 15) is 4.79 Å². The quantitative estimate of drug-likeness (QED) is 0.672. The van der Waals surface area contributed by atoms with Gasteiger partial charge in [-0.1, -0.05) is 42.0 Å². The molecule has 0 saturated carbocycles.